The fraction of sp³-hybridized carbons (Fsp3) is 0.156. The number of nitrogens with two attached hydrogens (primary N) is 1. The number of nitrogens with zero attached hydrogens (tertiary/aromatic N) is 1. The Morgan fingerprint density at radius 1 is 0.946 bits per heavy atom. The summed E-state index contributed by atoms with van der Waals surface area (Å²) in [5.41, 5.74) is 15.6. The maximum Gasteiger partial charge on any atom is 0.251 e. The lowest BCUT2D eigenvalue weighted by Gasteiger charge is -2.15. The second-order valence-corrected chi connectivity index (χ2v) is 10.5. The Labute approximate surface area is 226 Å². The van der Waals surface area contributed by atoms with Crippen molar-refractivity contribution in [3.63, 3.8) is 0 Å². The molecule has 3 N–H and O–H groups in total. The van der Waals surface area contributed by atoms with Gasteiger partial charge in [-0.05, 0) is 79.4 Å². The molecule has 1 amide bonds. The van der Waals surface area contributed by atoms with Crippen molar-refractivity contribution in [2.24, 2.45) is 0 Å². The number of nitrogens with one attached hydrogen (secondary N) is 1. The summed E-state index contributed by atoms with van der Waals surface area (Å²) in [6, 6.07) is 30.4. The number of hydrogen-bond acceptors (Lipinski definition) is 2. The van der Waals surface area contributed by atoms with Crippen LogP contribution in [-0.2, 0) is 6.54 Å². The number of anilines is 1. The van der Waals surface area contributed by atoms with Gasteiger partial charge in [0.25, 0.3) is 5.91 Å². The van der Waals surface area contributed by atoms with Crippen LogP contribution in [0.5, 0.6) is 0 Å². The third-order valence-electron chi connectivity index (χ3n) is 7.19. The minimum Gasteiger partial charge on any atom is -0.398 e. The maximum atomic E-state index is 13.1. The zero-order valence-electron chi connectivity index (χ0n) is 21.3. The predicted molar refractivity (Wildman–Crippen MR) is 157 cm³/mol. The minimum atomic E-state index is -0.0852. The van der Waals surface area contributed by atoms with E-state index < -0.39 is 0 Å². The van der Waals surface area contributed by atoms with Gasteiger partial charge in [-0.1, -0.05) is 70.5 Å². The number of aromatic nitrogens is 1. The molecule has 0 radical (unpaired) electrons. The summed E-state index contributed by atoms with van der Waals surface area (Å²) in [6.45, 7) is 7.03. The van der Waals surface area contributed by atoms with E-state index in [-0.39, 0.29) is 11.9 Å². The van der Waals surface area contributed by atoms with Crippen molar-refractivity contribution in [3.05, 3.63) is 123 Å². The molecule has 0 aliphatic heterocycles. The van der Waals surface area contributed by atoms with E-state index >= 15 is 0 Å². The van der Waals surface area contributed by atoms with E-state index in [1.165, 1.54) is 16.8 Å². The monoisotopic (exact) mass is 551 g/mol. The first kappa shape index (κ1) is 24.8. The molecule has 4 nitrogen and oxygen atoms in total. The molecular weight excluding hydrogens is 522 g/mol. The van der Waals surface area contributed by atoms with Crippen LogP contribution in [0.4, 0.5) is 5.69 Å². The van der Waals surface area contributed by atoms with Crippen molar-refractivity contribution < 1.29 is 4.79 Å². The van der Waals surface area contributed by atoms with Gasteiger partial charge < -0.3 is 15.6 Å². The van der Waals surface area contributed by atoms with Crippen LogP contribution in [-0.4, -0.2) is 10.5 Å². The maximum absolute atomic E-state index is 13.1. The van der Waals surface area contributed by atoms with Gasteiger partial charge >= 0.3 is 0 Å². The predicted octanol–water partition coefficient (Wildman–Crippen LogP) is 7.81. The standard InChI is InChI=1S/C32H30BrN3O/c1-20-22(3)36(19-23-8-10-25(11-9-23)28-6-4-5-7-30(28)34)31-17-14-26(18-29(20)31)32(37)35-21(2)24-12-15-27(33)16-13-24/h4-18,21H,19,34H2,1-3H3,(H,35,37)/t21-/m0/s1. The number of nitrogen functional groups attached to an aromatic ring is 1. The molecule has 0 fully saturated rings. The number of benzene rings is 4. The zero-order valence-corrected chi connectivity index (χ0v) is 22.8. The molecule has 5 rings (SSSR count). The molecule has 0 saturated carbocycles. The van der Waals surface area contributed by atoms with Crippen molar-refractivity contribution >= 4 is 38.4 Å². The summed E-state index contributed by atoms with van der Waals surface area (Å²) < 4.78 is 3.34. The topological polar surface area (TPSA) is 60.0 Å². The third kappa shape index (κ3) is 5.05. The first-order valence-electron chi connectivity index (χ1n) is 12.4. The highest BCUT2D eigenvalue weighted by molar-refractivity contribution is 9.10. The molecule has 0 spiro atoms. The van der Waals surface area contributed by atoms with Crippen molar-refractivity contribution in [2.75, 3.05) is 5.73 Å². The van der Waals surface area contributed by atoms with Crippen molar-refractivity contribution in [3.8, 4) is 11.1 Å². The highest BCUT2D eigenvalue weighted by atomic mass is 79.9. The van der Waals surface area contributed by atoms with Crippen LogP contribution in [0.3, 0.4) is 0 Å². The van der Waals surface area contributed by atoms with E-state index in [2.05, 4.69) is 70.0 Å². The van der Waals surface area contributed by atoms with Gasteiger partial charge in [0.2, 0.25) is 0 Å². The Kier molecular flexibility index (Phi) is 6.90. The van der Waals surface area contributed by atoms with Crippen LogP contribution in [0.2, 0.25) is 0 Å². The average molecular weight is 553 g/mol. The van der Waals surface area contributed by atoms with Crippen molar-refractivity contribution in [1.29, 1.82) is 0 Å². The SMILES string of the molecule is Cc1c(C)n(Cc2ccc(-c3ccccc3N)cc2)c2ccc(C(=O)N[C@@H](C)c3ccc(Br)cc3)cc12. The fourth-order valence-electron chi connectivity index (χ4n) is 4.84. The summed E-state index contributed by atoms with van der Waals surface area (Å²) >= 11 is 3.46. The number of aryl methyl sites for hydroxylation is 1. The van der Waals surface area contributed by atoms with E-state index in [1.54, 1.807) is 0 Å². The van der Waals surface area contributed by atoms with Gasteiger partial charge in [0.15, 0.2) is 0 Å². The van der Waals surface area contributed by atoms with Gasteiger partial charge in [-0.15, -0.1) is 0 Å². The molecule has 186 valence electrons. The van der Waals surface area contributed by atoms with Crippen LogP contribution in [0, 0.1) is 13.8 Å². The normalized spacial score (nSPS) is 12.0. The van der Waals surface area contributed by atoms with E-state index in [4.69, 9.17) is 5.73 Å². The number of carbonyl (C=O) groups excluding carboxylic acids is 1. The number of fused-ring (bicyclic) bond motifs is 1. The van der Waals surface area contributed by atoms with E-state index in [1.807, 2.05) is 67.6 Å². The van der Waals surface area contributed by atoms with Crippen LogP contribution in [0.1, 0.15) is 45.7 Å². The van der Waals surface area contributed by atoms with Crippen LogP contribution in [0.25, 0.3) is 22.0 Å². The summed E-state index contributed by atoms with van der Waals surface area (Å²) in [5.74, 6) is -0.0714. The molecular formula is C32H30BrN3O. The highest BCUT2D eigenvalue weighted by Gasteiger charge is 2.16. The van der Waals surface area contributed by atoms with Crippen LogP contribution < -0.4 is 11.1 Å². The molecule has 1 aromatic heterocycles. The Hall–Kier alpha value is -3.83. The smallest absolute Gasteiger partial charge is 0.251 e. The number of carbonyl (C=O) groups is 1. The van der Waals surface area contributed by atoms with E-state index in [0.717, 1.165) is 44.3 Å². The number of hydrogen-bond donors (Lipinski definition) is 2. The Bertz CT molecular complexity index is 1580. The summed E-state index contributed by atoms with van der Waals surface area (Å²) in [4.78, 5) is 13.1. The van der Waals surface area contributed by atoms with Gasteiger partial charge in [0.05, 0.1) is 6.04 Å². The van der Waals surface area contributed by atoms with Gasteiger partial charge in [0, 0.05) is 44.4 Å². The molecule has 0 bridgehead atoms. The molecule has 1 heterocycles. The lowest BCUT2D eigenvalue weighted by molar-refractivity contribution is 0.0940. The summed E-state index contributed by atoms with van der Waals surface area (Å²) in [6.07, 6.45) is 0. The van der Waals surface area contributed by atoms with E-state index in [9.17, 15) is 4.79 Å². The summed E-state index contributed by atoms with van der Waals surface area (Å²) in [5, 5.41) is 4.24. The highest BCUT2D eigenvalue weighted by Crippen LogP contribution is 2.29. The average Bonchev–Trinajstić information content (AvgIpc) is 3.14. The lowest BCUT2D eigenvalue weighted by Crippen LogP contribution is -2.26. The molecule has 1 atom stereocenters. The number of para-hydroxylation sites is 1. The first-order valence-corrected chi connectivity index (χ1v) is 13.2. The number of amides is 1. The molecule has 0 unspecified atom stereocenters. The minimum absolute atomic E-state index is 0.0714. The van der Waals surface area contributed by atoms with Crippen molar-refractivity contribution in [1.82, 2.24) is 9.88 Å². The van der Waals surface area contributed by atoms with Crippen molar-refractivity contribution in [2.45, 2.75) is 33.4 Å². The molecule has 5 heteroatoms. The second-order valence-electron chi connectivity index (χ2n) is 9.56. The number of halogens is 1. The molecule has 4 aromatic carbocycles. The Morgan fingerprint density at radius 2 is 1.65 bits per heavy atom. The molecule has 37 heavy (non-hydrogen) atoms. The Morgan fingerprint density at radius 3 is 2.35 bits per heavy atom. The quantitative estimate of drug-likeness (QED) is 0.211. The largest absolute Gasteiger partial charge is 0.398 e. The third-order valence-corrected chi connectivity index (χ3v) is 7.71. The molecule has 0 saturated heterocycles. The molecule has 0 aliphatic rings. The fourth-order valence-corrected chi connectivity index (χ4v) is 5.11. The lowest BCUT2D eigenvalue weighted by atomic mass is 10.0. The molecule has 5 aromatic rings. The summed E-state index contributed by atoms with van der Waals surface area (Å²) in [7, 11) is 0. The van der Waals surface area contributed by atoms with Crippen LogP contribution >= 0.6 is 15.9 Å². The number of rotatable bonds is 6. The van der Waals surface area contributed by atoms with E-state index in [0.29, 0.717) is 5.56 Å². The van der Waals surface area contributed by atoms with Gasteiger partial charge in [-0.3, -0.25) is 4.79 Å². The van der Waals surface area contributed by atoms with Gasteiger partial charge in [-0.25, -0.2) is 0 Å². The van der Waals surface area contributed by atoms with Gasteiger partial charge in [0.1, 0.15) is 0 Å². The van der Waals surface area contributed by atoms with Crippen LogP contribution in [0.15, 0.2) is 95.5 Å². The first-order chi connectivity index (χ1) is 17.8. The second kappa shape index (κ2) is 10.3. The zero-order chi connectivity index (χ0) is 26.1. The Balaban J connectivity index is 1.38. The molecule has 0 aliphatic carbocycles. The van der Waals surface area contributed by atoms with Gasteiger partial charge in [-0.2, -0.15) is 0 Å².